The van der Waals surface area contributed by atoms with Crippen molar-refractivity contribution in [1.29, 1.82) is 0 Å². The second-order valence-electron chi connectivity index (χ2n) is 9.55. The number of benzene rings is 2. The number of primary amides is 1. The molecule has 1 aliphatic rings. The Labute approximate surface area is 250 Å². The number of nitrogens with zero attached hydrogens (tertiary/aromatic N) is 3. The number of halogens is 8. The van der Waals surface area contributed by atoms with Gasteiger partial charge in [-0.25, -0.2) is 0 Å². The molecule has 3 rings (SSSR count). The Morgan fingerprint density at radius 3 is 2.26 bits per heavy atom. The van der Waals surface area contributed by atoms with Crippen molar-refractivity contribution in [3.05, 3.63) is 58.7 Å². The number of carbonyl (C=O) groups excluding carboxylic acids is 2. The quantitative estimate of drug-likeness (QED) is 0.240. The van der Waals surface area contributed by atoms with Crippen LogP contribution in [0.1, 0.15) is 38.8 Å². The molecule has 0 aromatic heterocycles. The van der Waals surface area contributed by atoms with Crippen LogP contribution in [-0.4, -0.2) is 71.4 Å². The fourth-order valence-electron chi connectivity index (χ4n) is 4.47. The van der Waals surface area contributed by atoms with Gasteiger partial charge in [-0.15, -0.1) is 11.8 Å². The number of hydrazone groups is 1. The van der Waals surface area contributed by atoms with Crippen LogP contribution in [0.3, 0.4) is 0 Å². The average Bonchev–Trinajstić information content (AvgIpc) is 3.34. The van der Waals surface area contributed by atoms with Crippen molar-refractivity contribution in [3.8, 4) is 0 Å². The second-order valence-corrected chi connectivity index (χ2v) is 11.3. The number of amidine groups is 1. The minimum absolute atomic E-state index is 0.00322. The molecule has 236 valence electrons. The molecule has 0 fully saturated rings. The molecule has 0 bridgehead atoms. The van der Waals surface area contributed by atoms with E-state index in [-0.39, 0.29) is 21.7 Å². The van der Waals surface area contributed by atoms with E-state index in [0.717, 1.165) is 0 Å². The van der Waals surface area contributed by atoms with Gasteiger partial charge in [0.25, 0.3) is 5.91 Å². The Morgan fingerprint density at radius 2 is 1.74 bits per heavy atom. The van der Waals surface area contributed by atoms with Crippen LogP contribution in [-0.2, 0) is 6.54 Å². The number of anilines is 1. The minimum atomic E-state index is -6.17. The first-order chi connectivity index (χ1) is 19.8. The van der Waals surface area contributed by atoms with Gasteiger partial charge in [-0.1, -0.05) is 18.2 Å². The number of thioether (sulfide) groups is 2. The highest BCUT2D eigenvalue weighted by Gasteiger charge is 2.65. The molecule has 0 spiro atoms. The Kier molecular flexibility index (Phi) is 10.2. The Bertz CT molecular complexity index is 1400. The number of alkyl halides is 8. The average molecular weight is 658 g/mol. The number of amides is 2. The van der Waals surface area contributed by atoms with Crippen LogP contribution in [0.4, 0.5) is 40.8 Å². The van der Waals surface area contributed by atoms with E-state index in [1.165, 1.54) is 58.0 Å². The SMILES string of the molecule is CSC[C@H](C)N(C(=O)c1c(SC)cccc1C(N)=O)c1ccc(CN2N=C(C(F)(F)C(F)(F)F)NC2C(F)(F)F)cc1C. The van der Waals surface area contributed by atoms with Gasteiger partial charge in [-0.05, 0) is 55.7 Å². The zero-order chi connectivity index (χ0) is 32.5. The summed E-state index contributed by atoms with van der Waals surface area (Å²) in [5.74, 6) is -8.73. The molecule has 3 N–H and O–H groups in total. The molecular weight excluding hydrogens is 630 g/mol. The largest absolute Gasteiger partial charge is 0.461 e. The first-order valence-corrected chi connectivity index (χ1v) is 15.0. The van der Waals surface area contributed by atoms with E-state index in [1.54, 1.807) is 32.2 Å². The van der Waals surface area contributed by atoms with Gasteiger partial charge in [0.1, 0.15) is 0 Å². The van der Waals surface area contributed by atoms with E-state index in [1.807, 2.05) is 6.26 Å². The number of carbonyl (C=O) groups is 2. The van der Waals surface area contributed by atoms with Crippen molar-refractivity contribution in [1.82, 2.24) is 10.3 Å². The highest BCUT2D eigenvalue weighted by Crippen LogP contribution is 2.39. The topological polar surface area (TPSA) is 91.0 Å². The summed E-state index contributed by atoms with van der Waals surface area (Å²) in [7, 11) is 0. The van der Waals surface area contributed by atoms with E-state index in [2.05, 4.69) is 5.10 Å². The molecule has 0 saturated carbocycles. The van der Waals surface area contributed by atoms with Crippen molar-refractivity contribution in [3.63, 3.8) is 0 Å². The molecule has 0 radical (unpaired) electrons. The highest BCUT2D eigenvalue weighted by molar-refractivity contribution is 7.98. The molecule has 2 atom stereocenters. The summed E-state index contributed by atoms with van der Waals surface area (Å²) in [6, 6.07) is 8.31. The third kappa shape index (κ3) is 7.13. The van der Waals surface area contributed by atoms with Gasteiger partial charge in [0.05, 0.1) is 17.7 Å². The lowest BCUT2D eigenvalue weighted by Gasteiger charge is -2.32. The molecule has 0 aliphatic carbocycles. The summed E-state index contributed by atoms with van der Waals surface area (Å²) in [4.78, 5) is 28.1. The maximum Gasteiger partial charge on any atom is 0.461 e. The molecule has 2 aromatic carbocycles. The number of hydrogen-bond donors (Lipinski definition) is 2. The predicted octanol–water partition coefficient (Wildman–Crippen LogP) is 6.02. The van der Waals surface area contributed by atoms with Crippen LogP contribution in [0.5, 0.6) is 0 Å². The van der Waals surface area contributed by atoms with Gasteiger partial charge in [0, 0.05) is 22.4 Å². The smallest absolute Gasteiger partial charge is 0.366 e. The van der Waals surface area contributed by atoms with E-state index in [0.29, 0.717) is 21.9 Å². The van der Waals surface area contributed by atoms with Crippen molar-refractivity contribution < 1.29 is 44.7 Å². The monoisotopic (exact) mass is 657 g/mol. The molecule has 43 heavy (non-hydrogen) atoms. The number of aryl methyl sites for hydroxylation is 1. The highest BCUT2D eigenvalue weighted by atomic mass is 32.2. The molecular formula is C26H27F8N5O2S2. The zero-order valence-corrected chi connectivity index (χ0v) is 24.7. The Morgan fingerprint density at radius 1 is 1.09 bits per heavy atom. The third-order valence-corrected chi connectivity index (χ3v) is 8.02. The molecule has 17 heteroatoms. The van der Waals surface area contributed by atoms with Crippen LogP contribution in [0.25, 0.3) is 0 Å². The van der Waals surface area contributed by atoms with Gasteiger partial charge >= 0.3 is 18.3 Å². The van der Waals surface area contributed by atoms with E-state index in [4.69, 9.17) is 5.73 Å². The van der Waals surface area contributed by atoms with Gasteiger partial charge in [-0.2, -0.15) is 52.0 Å². The van der Waals surface area contributed by atoms with Crippen molar-refractivity contribution >= 4 is 46.9 Å². The fraction of sp³-hybridized carbons (Fsp3) is 0.423. The number of nitrogens with two attached hydrogens (primary N) is 1. The van der Waals surface area contributed by atoms with Gasteiger partial charge in [0.15, 0.2) is 0 Å². The van der Waals surface area contributed by atoms with Crippen molar-refractivity contribution in [2.45, 2.75) is 55.8 Å². The normalized spacial score (nSPS) is 16.5. The van der Waals surface area contributed by atoms with Crippen LogP contribution >= 0.6 is 23.5 Å². The summed E-state index contributed by atoms with van der Waals surface area (Å²) in [6.45, 7) is 2.52. The molecule has 1 unspecified atom stereocenters. The van der Waals surface area contributed by atoms with Gasteiger partial charge < -0.3 is 16.0 Å². The summed E-state index contributed by atoms with van der Waals surface area (Å²) in [6.07, 6.45) is -10.8. The number of nitrogens with one attached hydrogen (secondary N) is 1. The Balaban J connectivity index is 2.05. The van der Waals surface area contributed by atoms with Crippen molar-refractivity contribution in [2.24, 2.45) is 10.8 Å². The summed E-state index contributed by atoms with van der Waals surface area (Å²) >= 11 is 2.66. The first-order valence-electron chi connectivity index (χ1n) is 12.4. The first kappa shape index (κ1) is 34.3. The summed E-state index contributed by atoms with van der Waals surface area (Å²) in [5.41, 5.74) is 6.41. The van der Waals surface area contributed by atoms with Crippen molar-refractivity contribution in [2.75, 3.05) is 23.2 Å². The third-order valence-electron chi connectivity index (χ3n) is 6.42. The van der Waals surface area contributed by atoms with Gasteiger partial charge in [0.2, 0.25) is 17.9 Å². The zero-order valence-electron chi connectivity index (χ0n) is 23.1. The van der Waals surface area contributed by atoms with Crippen LogP contribution in [0, 0.1) is 6.92 Å². The van der Waals surface area contributed by atoms with Crippen LogP contribution in [0.15, 0.2) is 46.4 Å². The van der Waals surface area contributed by atoms with Gasteiger partial charge in [-0.3, -0.25) is 14.6 Å². The molecule has 0 saturated heterocycles. The van der Waals surface area contributed by atoms with Crippen LogP contribution < -0.4 is 16.0 Å². The number of rotatable bonds is 10. The standard InChI is InChI=1S/C26H27F8N5O2S2/c1-13-10-15(11-38-23(25(29,30)31)36-22(37-38)24(27,28)26(32,33)34)8-9-17(13)39(14(2)12-42-3)21(41)19-16(20(35)40)6-5-7-18(19)43-4/h5-10,14,23H,11-12H2,1-4H3,(H2,35,40)(H,36,37)/t14-,23?/m0/s1. The number of hydrogen-bond acceptors (Lipinski definition) is 7. The molecule has 2 amide bonds. The lowest BCUT2D eigenvalue weighted by Crippen LogP contribution is -2.55. The minimum Gasteiger partial charge on any atom is -0.366 e. The maximum atomic E-state index is 14.0. The van der Waals surface area contributed by atoms with E-state index >= 15 is 0 Å². The second kappa shape index (κ2) is 12.8. The Hall–Kier alpha value is -3.21. The van der Waals surface area contributed by atoms with E-state index in [9.17, 15) is 44.7 Å². The maximum absolute atomic E-state index is 14.0. The summed E-state index contributed by atoms with van der Waals surface area (Å²) in [5, 5.41) is 4.19. The fourth-order valence-corrected chi connectivity index (χ4v) is 5.72. The molecule has 1 heterocycles. The molecule has 1 aliphatic heterocycles. The molecule has 2 aromatic rings. The lowest BCUT2D eigenvalue weighted by molar-refractivity contribution is -0.250. The molecule has 7 nitrogen and oxygen atoms in total. The van der Waals surface area contributed by atoms with Crippen LogP contribution in [0.2, 0.25) is 0 Å². The predicted molar refractivity (Wildman–Crippen MR) is 150 cm³/mol. The van der Waals surface area contributed by atoms with E-state index < -0.39 is 54.7 Å². The summed E-state index contributed by atoms with van der Waals surface area (Å²) < 4.78 is 107. The lowest BCUT2D eigenvalue weighted by atomic mass is 10.0.